The van der Waals surface area contributed by atoms with E-state index in [-0.39, 0.29) is 12.6 Å². The average Bonchev–Trinajstić information content (AvgIpc) is 2.73. The Morgan fingerprint density at radius 2 is 1.48 bits per heavy atom. The summed E-state index contributed by atoms with van der Waals surface area (Å²) in [5.74, 6) is -0.377. The monoisotopic (exact) mass is 370 g/mol. The molecule has 0 atom stereocenters. The fraction of sp³-hybridized carbons (Fsp3) is 0.550. The van der Waals surface area contributed by atoms with Gasteiger partial charge in [-0.25, -0.2) is 9.78 Å². The van der Waals surface area contributed by atoms with Crippen LogP contribution in [-0.2, 0) is 37.0 Å². The van der Waals surface area contributed by atoms with Gasteiger partial charge >= 0.3 is 5.97 Å². The lowest BCUT2D eigenvalue weighted by molar-refractivity contribution is 0.0518. The van der Waals surface area contributed by atoms with E-state index in [0.29, 0.717) is 18.0 Å². The summed E-state index contributed by atoms with van der Waals surface area (Å²) in [6.45, 7) is 2.15. The molecule has 0 saturated heterocycles. The van der Waals surface area contributed by atoms with Gasteiger partial charge in [-0.2, -0.15) is 0 Å². The number of carbonyl (C=O) groups is 1. The first-order valence-corrected chi connectivity index (χ1v) is 9.67. The summed E-state index contributed by atoms with van der Waals surface area (Å²) in [5, 5.41) is 8.84. The number of ether oxygens (including phenoxy) is 1. The second-order valence-electron chi connectivity index (χ2n) is 6.70. The molecule has 0 fully saturated rings. The quantitative estimate of drug-likeness (QED) is 0.828. The van der Waals surface area contributed by atoms with Gasteiger partial charge in [-0.1, -0.05) is 0 Å². The average molecular weight is 370 g/mol. The first-order valence-electron chi connectivity index (χ1n) is 9.67. The molecule has 27 heavy (non-hydrogen) atoms. The molecular formula is C20H26N4O3. The summed E-state index contributed by atoms with van der Waals surface area (Å²) in [7, 11) is 0. The lowest BCUT2D eigenvalue weighted by Crippen LogP contribution is -2.14. The highest BCUT2D eigenvalue weighted by Gasteiger charge is 2.16. The van der Waals surface area contributed by atoms with Crippen LogP contribution in [-0.4, -0.2) is 37.6 Å². The first kappa shape index (κ1) is 19.4. The molecule has 2 aliphatic carbocycles. The van der Waals surface area contributed by atoms with Crippen molar-refractivity contribution >= 4 is 5.97 Å². The smallest absolute Gasteiger partial charge is 0.358 e. The van der Waals surface area contributed by atoms with Crippen molar-refractivity contribution in [3.63, 3.8) is 0 Å². The number of hydrogen-bond donors (Lipinski definition) is 1. The third-order valence-electron chi connectivity index (χ3n) is 4.71. The van der Waals surface area contributed by atoms with Crippen LogP contribution in [0.4, 0.5) is 0 Å². The fourth-order valence-corrected chi connectivity index (χ4v) is 3.31. The van der Waals surface area contributed by atoms with Gasteiger partial charge in [0, 0.05) is 0 Å². The zero-order valence-electron chi connectivity index (χ0n) is 15.8. The van der Waals surface area contributed by atoms with Gasteiger partial charge < -0.3 is 9.84 Å². The predicted molar refractivity (Wildman–Crippen MR) is 99.2 cm³/mol. The van der Waals surface area contributed by atoms with Gasteiger partial charge in [-0.05, 0) is 58.3 Å². The van der Waals surface area contributed by atoms with Crippen molar-refractivity contribution in [1.82, 2.24) is 19.9 Å². The molecule has 0 unspecified atom stereocenters. The Bertz CT molecular complexity index is 795. The highest BCUT2D eigenvalue weighted by molar-refractivity contribution is 5.86. The molecule has 0 bridgehead atoms. The van der Waals surface area contributed by atoms with Crippen molar-refractivity contribution in [3.05, 3.63) is 46.6 Å². The van der Waals surface area contributed by atoms with Crippen molar-refractivity contribution in [1.29, 1.82) is 0 Å². The van der Waals surface area contributed by atoms with Crippen LogP contribution in [0.1, 0.15) is 71.6 Å². The van der Waals surface area contributed by atoms with E-state index in [0.717, 1.165) is 54.9 Å². The van der Waals surface area contributed by atoms with Crippen LogP contribution in [0.3, 0.4) is 0 Å². The minimum atomic E-state index is -0.377. The number of carbonyl (C=O) groups excluding carboxylic acids is 1. The zero-order valence-corrected chi connectivity index (χ0v) is 15.8. The molecule has 0 spiro atoms. The summed E-state index contributed by atoms with van der Waals surface area (Å²) in [6.07, 6.45) is 11.9. The summed E-state index contributed by atoms with van der Waals surface area (Å²) >= 11 is 0. The molecule has 0 radical (unpaired) electrons. The SMILES string of the molecule is CCOC(=O)c1cnc2c(n1)CCCC2.OCc1cnc2c(n1)CCCC2. The number of fused-ring (bicyclic) bond motifs is 2. The number of aryl methyl sites for hydroxylation is 4. The van der Waals surface area contributed by atoms with Crippen LogP contribution < -0.4 is 0 Å². The Kier molecular flexibility index (Phi) is 6.81. The van der Waals surface area contributed by atoms with E-state index in [1.54, 1.807) is 13.1 Å². The van der Waals surface area contributed by atoms with Gasteiger partial charge in [-0.3, -0.25) is 15.0 Å². The molecule has 7 heteroatoms. The molecule has 4 rings (SSSR count). The molecule has 1 N–H and O–H groups in total. The number of hydrogen-bond acceptors (Lipinski definition) is 7. The van der Waals surface area contributed by atoms with Crippen molar-refractivity contribution in [3.8, 4) is 0 Å². The predicted octanol–water partition coefficient (Wildman–Crippen LogP) is 2.38. The van der Waals surface area contributed by atoms with E-state index in [1.165, 1.54) is 25.5 Å². The van der Waals surface area contributed by atoms with Crippen molar-refractivity contribution < 1.29 is 14.6 Å². The maximum absolute atomic E-state index is 11.4. The number of aliphatic hydroxyl groups is 1. The van der Waals surface area contributed by atoms with Crippen LogP contribution in [0.2, 0.25) is 0 Å². The van der Waals surface area contributed by atoms with E-state index in [1.807, 2.05) is 0 Å². The number of rotatable bonds is 3. The molecule has 2 aliphatic rings. The largest absolute Gasteiger partial charge is 0.461 e. The highest BCUT2D eigenvalue weighted by atomic mass is 16.5. The topological polar surface area (TPSA) is 98.1 Å². The number of aromatic nitrogens is 4. The lowest BCUT2D eigenvalue weighted by Gasteiger charge is -2.13. The Labute approximate surface area is 159 Å². The van der Waals surface area contributed by atoms with Crippen molar-refractivity contribution in [2.45, 2.75) is 64.9 Å². The van der Waals surface area contributed by atoms with Crippen LogP contribution in [0.25, 0.3) is 0 Å². The van der Waals surface area contributed by atoms with E-state index < -0.39 is 0 Å². The molecule has 0 saturated carbocycles. The Hall–Kier alpha value is -2.41. The van der Waals surface area contributed by atoms with Gasteiger partial charge in [0.15, 0.2) is 5.69 Å². The lowest BCUT2D eigenvalue weighted by atomic mass is 10.0. The van der Waals surface area contributed by atoms with E-state index >= 15 is 0 Å². The molecule has 7 nitrogen and oxygen atoms in total. The summed E-state index contributed by atoms with van der Waals surface area (Å²) in [5.41, 5.74) is 5.24. The molecule has 144 valence electrons. The summed E-state index contributed by atoms with van der Waals surface area (Å²) in [6, 6.07) is 0. The Morgan fingerprint density at radius 3 is 2.07 bits per heavy atom. The van der Waals surface area contributed by atoms with E-state index in [9.17, 15) is 4.79 Å². The normalized spacial score (nSPS) is 15.0. The number of aliphatic hydroxyl groups excluding tert-OH is 1. The van der Waals surface area contributed by atoms with Crippen LogP contribution >= 0.6 is 0 Å². The third-order valence-corrected chi connectivity index (χ3v) is 4.71. The molecule has 2 heterocycles. The minimum Gasteiger partial charge on any atom is -0.461 e. The standard InChI is InChI=1S/C11H14N2O2.C9H12N2O/c1-2-15-11(14)10-7-12-8-5-3-4-6-9(8)13-10;12-6-7-5-10-8-3-1-2-4-9(8)11-7/h7H,2-6H2,1H3;5,12H,1-4,6H2. The molecular weight excluding hydrogens is 344 g/mol. The van der Waals surface area contributed by atoms with Gasteiger partial charge in [0.25, 0.3) is 0 Å². The third kappa shape index (κ3) is 5.07. The fourth-order valence-electron chi connectivity index (χ4n) is 3.31. The van der Waals surface area contributed by atoms with Gasteiger partial charge in [0.05, 0.1) is 54.1 Å². The second-order valence-corrected chi connectivity index (χ2v) is 6.70. The molecule has 2 aromatic heterocycles. The Morgan fingerprint density at radius 1 is 0.926 bits per heavy atom. The van der Waals surface area contributed by atoms with Crippen LogP contribution in [0.15, 0.2) is 12.4 Å². The minimum absolute atomic E-state index is 0.000278. The maximum atomic E-state index is 11.4. The van der Waals surface area contributed by atoms with Crippen LogP contribution in [0.5, 0.6) is 0 Å². The van der Waals surface area contributed by atoms with Gasteiger partial charge in [-0.15, -0.1) is 0 Å². The van der Waals surface area contributed by atoms with E-state index in [4.69, 9.17) is 9.84 Å². The van der Waals surface area contributed by atoms with Crippen LogP contribution in [0, 0.1) is 0 Å². The van der Waals surface area contributed by atoms with E-state index in [2.05, 4.69) is 19.9 Å². The molecule has 0 aromatic carbocycles. The molecule has 2 aromatic rings. The van der Waals surface area contributed by atoms with Crippen molar-refractivity contribution in [2.75, 3.05) is 6.61 Å². The molecule has 0 amide bonds. The van der Waals surface area contributed by atoms with Gasteiger partial charge in [0.1, 0.15) is 0 Å². The number of nitrogens with zero attached hydrogens (tertiary/aromatic N) is 4. The Balaban J connectivity index is 0.000000159. The highest BCUT2D eigenvalue weighted by Crippen LogP contribution is 2.18. The van der Waals surface area contributed by atoms with Crippen molar-refractivity contribution in [2.24, 2.45) is 0 Å². The summed E-state index contributed by atoms with van der Waals surface area (Å²) in [4.78, 5) is 28.5. The first-order chi connectivity index (χ1) is 13.2. The second kappa shape index (κ2) is 9.50. The number of esters is 1. The zero-order chi connectivity index (χ0) is 19.1. The maximum Gasteiger partial charge on any atom is 0.358 e. The molecule has 0 aliphatic heterocycles. The van der Waals surface area contributed by atoms with Gasteiger partial charge in [0.2, 0.25) is 0 Å². The summed E-state index contributed by atoms with van der Waals surface area (Å²) < 4.78 is 4.88.